The van der Waals surface area contributed by atoms with E-state index in [1.54, 1.807) is 5.57 Å². The standard InChI is InChI=1S/C33H46O/c1-6-9-11-23(4)24-12-14-25(15-13-24)30-22-33(5)27(8-3)17-19-31(33)29-18-16-26(20-21-34)28(10-7-2)32(29)30/h8,12-15,20-21,23,27,29-31H,3,6-7,9-11,16-19,22H2,1-2,4-5H3/b26-20-. The van der Waals surface area contributed by atoms with Gasteiger partial charge in [-0.3, -0.25) is 4.79 Å². The quantitative estimate of drug-likeness (QED) is 0.205. The van der Waals surface area contributed by atoms with Crippen LogP contribution in [0.25, 0.3) is 0 Å². The summed E-state index contributed by atoms with van der Waals surface area (Å²) in [6, 6.07) is 9.69. The monoisotopic (exact) mass is 458 g/mol. The van der Waals surface area contributed by atoms with Crippen molar-refractivity contribution < 1.29 is 4.79 Å². The summed E-state index contributed by atoms with van der Waals surface area (Å²) in [6.45, 7) is 13.8. The van der Waals surface area contributed by atoms with Gasteiger partial charge in [0.05, 0.1) is 0 Å². The van der Waals surface area contributed by atoms with Crippen molar-refractivity contribution in [1.82, 2.24) is 0 Å². The van der Waals surface area contributed by atoms with E-state index in [4.69, 9.17) is 0 Å². The maximum Gasteiger partial charge on any atom is 0.143 e. The van der Waals surface area contributed by atoms with Gasteiger partial charge in [0.25, 0.3) is 0 Å². The van der Waals surface area contributed by atoms with Crippen LogP contribution in [0.1, 0.15) is 115 Å². The summed E-state index contributed by atoms with van der Waals surface area (Å²) >= 11 is 0. The van der Waals surface area contributed by atoms with E-state index < -0.39 is 0 Å². The molecule has 0 radical (unpaired) electrons. The maximum absolute atomic E-state index is 11.5. The molecular weight excluding hydrogens is 412 g/mol. The molecule has 6 atom stereocenters. The van der Waals surface area contributed by atoms with Gasteiger partial charge >= 0.3 is 0 Å². The molecule has 2 fully saturated rings. The Kier molecular flexibility index (Phi) is 8.01. The first-order chi connectivity index (χ1) is 16.5. The van der Waals surface area contributed by atoms with Crippen LogP contribution in [0.3, 0.4) is 0 Å². The van der Waals surface area contributed by atoms with Crippen molar-refractivity contribution in [2.24, 2.45) is 23.2 Å². The topological polar surface area (TPSA) is 17.1 Å². The van der Waals surface area contributed by atoms with Gasteiger partial charge < -0.3 is 0 Å². The Bertz CT molecular complexity index is 932. The third kappa shape index (κ3) is 4.52. The zero-order chi connectivity index (χ0) is 24.3. The third-order valence-electron chi connectivity index (χ3n) is 9.80. The molecule has 2 saturated carbocycles. The minimum Gasteiger partial charge on any atom is -0.299 e. The molecule has 0 N–H and O–H groups in total. The summed E-state index contributed by atoms with van der Waals surface area (Å²) in [6.07, 6.45) is 17.3. The summed E-state index contributed by atoms with van der Waals surface area (Å²) in [4.78, 5) is 11.5. The van der Waals surface area contributed by atoms with E-state index >= 15 is 0 Å². The summed E-state index contributed by atoms with van der Waals surface area (Å²) in [5, 5.41) is 0. The van der Waals surface area contributed by atoms with Gasteiger partial charge in [-0.2, -0.15) is 0 Å². The number of benzene rings is 1. The molecule has 0 heterocycles. The van der Waals surface area contributed by atoms with Gasteiger partial charge in [0, 0.05) is 5.92 Å². The molecule has 4 rings (SSSR count). The van der Waals surface area contributed by atoms with E-state index in [9.17, 15) is 4.79 Å². The molecule has 34 heavy (non-hydrogen) atoms. The molecule has 0 amide bonds. The Morgan fingerprint density at radius 3 is 2.53 bits per heavy atom. The van der Waals surface area contributed by atoms with E-state index in [0.717, 1.165) is 31.5 Å². The fraction of sp³-hybridized carbons (Fsp3) is 0.606. The fourth-order valence-electron chi connectivity index (χ4n) is 7.96. The molecule has 3 aliphatic carbocycles. The molecule has 0 bridgehead atoms. The Balaban J connectivity index is 1.79. The predicted octanol–water partition coefficient (Wildman–Crippen LogP) is 9.32. The number of carbonyl (C=O) groups excluding carboxylic acids is 1. The minimum atomic E-state index is 0.330. The minimum absolute atomic E-state index is 0.330. The van der Waals surface area contributed by atoms with E-state index in [2.05, 4.69) is 64.6 Å². The Hall–Kier alpha value is -1.89. The van der Waals surface area contributed by atoms with Crippen molar-refractivity contribution in [3.63, 3.8) is 0 Å². The molecule has 0 aliphatic heterocycles. The Labute approximate surface area is 208 Å². The van der Waals surface area contributed by atoms with Crippen LogP contribution in [0.5, 0.6) is 0 Å². The summed E-state index contributed by atoms with van der Waals surface area (Å²) < 4.78 is 0. The van der Waals surface area contributed by atoms with Crippen LogP contribution < -0.4 is 0 Å². The number of fused-ring (bicyclic) bond motifs is 3. The van der Waals surface area contributed by atoms with Crippen LogP contribution in [0.4, 0.5) is 0 Å². The largest absolute Gasteiger partial charge is 0.299 e. The van der Waals surface area contributed by atoms with Crippen LogP contribution in [0.2, 0.25) is 0 Å². The van der Waals surface area contributed by atoms with Gasteiger partial charge in [0.1, 0.15) is 6.29 Å². The maximum atomic E-state index is 11.5. The van der Waals surface area contributed by atoms with Crippen molar-refractivity contribution in [1.29, 1.82) is 0 Å². The Morgan fingerprint density at radius 1 is 1.12 bits per heavy atom. The molecule has 1 aromatic carbocycles. The highest BCUT2D eigenvalue weighted by atomic mass is 16.1. The van der Waals surface area contributed by atoms with E-state index in [-0.39, 0.29) is 0 Å². The number of hydrogen-bond donors (Lipinski definition) is 0. The summed E-state index contributed by atoms with van der Waals surface area (Å²) in [7, 11) is 0. The molecule has 1 heteroatoms. The average Bonchev–Trinajstić information content (AvgIpc) is 3.19. The van der Waals surface area contributed by atoms with Crippen LogP contribution >= 0.6 is 0 Å². The number of unbranched alkanes of at least 4 members (excludes halogenated alkanes) is 1. The number of hydrogen-bond acceptors (Lipinski definition) is 1. The zero-order valence-corrected chi connectivity index (χ0v) is 22.1. The van der Waals surface area contributed by atoms with Gasteiger partial charge in [-0.15, -0.1) is 6.58 Å². The lowest BCUT2D eigenvalue weighted by Gasteiger charge is -2.52. The first kappa shape index (κ1) is 25.2. The lowest BCUT2D eigenvalue weighted by Crippen LogP contribution is -2.42. The molecule has 0 aromatic heterocycles. The van der Waals surface area contributed by atoms with Crippen molar-refractivity contribution in [2.45, 2.75) is 104 Å². The number of allylic oxidation sites excluding steroid dienone is 5. The second-order valence-electron chi connectivity index (χ2n) is 11.7. The zero-order valence-electron chi connectivity index (χ0n) is 22.1. The third-order valence-corrected chi connectivity index (χ3v) is 9.80. The van der Waals surface area contributed by atoms with E-state index in [0.29, 0.717) is 29.1 Å². The van der Waals surface area contributed by atoms with Crippen molar-refractivity contribution in [3.8, 4) is 0 Å². The predicted molar refractivity (Wildman–Crippen MR) is 145 cm³/mol. The van der Waals surface area contributed by atoms with Crippen LogP contribution in [0, 0.1) is 23.2 Å². The highest BCUT2D eigenvalue weighted by Crippen LogP contribution is 2.65. The number of aldehydes is 1. The second-order valence-corrected chi connectivity index (χ2v) is 11.7. The Morgan fingerprint density at radius 2 is 1.88 bits per heavy atom. The SMILES string of the molecule is C=CC1CCC2C3CC/C(=C/C=O)C(CCC)=C3C(c3ccc(C(C)CCCC)cc3)CC12C. The number of rotatable bonds is 9. The van der Waals surface area contributed by atoms with Crippen molar-refractivity contribution in [3.05, 3.63) is 70.8 Å². The molecule has 1 nitrogen and oxygen atoms in total. The lowest BCUT2D eigenvalue weighted by molar-refractivity contribution is -0.104. The normalized spacial score (nSPS) is 32.9. The van der Waals surface area contributed by atoms with Gasteiger partial charge in [-0.25, -0.2) is 0 Å². The smallest absolute Gasteiger partial charge is 0.143 e. The fourth-order valence-corrected chi connectivity index (χ4v) is 7.96. The first-order valence-electron chi connectivity index (χ1n) is 14.1. The molecule has 1 aromatic rings. The lowest BCUT2D eigenvalue weighted by atomic mass is 9.52. The average molecular weight is 459 g/mol. The van der Waals surface area contributed by atoms with Crippen LogP contribution in [-0.2, 0) is 4.79 Å². The van der Waals surface area contributed by atoms with Gasteiger partial charge in [0.15, 0.2) is 0 Å². The van der Waals surface area contributed by atoms with E-state index in [1.807, 2.05) is 6.08 Å². The summed E-state index contributed by atoms with van der Waals surface area (Å²) in [5.74, 6) is 3.11. The van der Waals surface area contributed by atoms with Crippen LogP contribution in [-0.4, -0.2) is 6.29 Å². The summed E-state index contributed by atoms with van der Waals surface area (Å²) in [5.41, 5.74) is 7.84. The second kappa shape index (κ2) is 10.8. The molecule has 0 saturated heterocycles. The molecular formula is C33H46O. The molecule has 0 spiro atoms. The van der Waals surface area contributed by atoms with Crippen LogP contribution in [0.15, 0.2) is 59.7 Å². The molecule has 184 valence electrons. The van der Waals surface area contributed by atoms with Crippen molar-refractivity contribution >= 4 is 6.29 Å². The van der Waals surface area contributed by atoms with Gasteiger partial charge in [-0.05, 0) is 102 Å². The highest BCUT2D eigenvalue weighted by Gasteiger charge is 2.55. The van der Waals surface area contributed by atoms with Gasteiger partial charge in [-0.1, -0.05) is 82.9 Å². The number of carbonyl (C=O) groups is 1. The van der Waals surface area contributed by atoms with Crippen molar-refractivity contribution in [2.75, 3.05) is 0 Å². The van der Waals surface area contributed by atoms with Gasteiger partial charge in [0.2, 0.25) is 0 Å². The van der Waals surface area contributed by atoms with E-state index in [1.165, 1.54) is 67.2 Å². The molecule has 6 unspecified atom stereocenters. The highest BCUT2D eigenvalue weighted by molar-refractivity contribution is 5.69. The molecule has 3 aliphatic rings. The first-order valence-corrected chi connectivity index (χ1v) is 14.1.